The van der Waals surface area contributed by atoms with Crippen molar-refractivity contribution >= 4 is 17.0 Å². The Kier molecular flexibility index (Phi) is 5.79. The van der Waals surface area contributed by atoms with Crippen molar-refractivity contribution in [2.45, 2.75) is 37.2 Å². The van der Waals surface area contributed by atoms with E-state index in [0.717, 1.165) is 11.3 Å². The molecule has 11 nitrogen and oxygen atoms in total. The lowest BCUT2D eigenvalue weighted by Crippen LogP contribution is -2.56. The van der Waals surface area contributed by atoms with Crippen molar-refractivity contribution in [2.24, 2.45) is 0 Å². The normalized spacial score (nSPS) is 26.6. The van der Waals surface area contributed by atoms with E-state index < -0.39 is 37.3 Å². The minimum absolute atomic E-state index is 0.358. The van der Waals surface area contributed by atoms with Crippen molar-refractivity contribution in [3.05, 3.63) is 42.5 Å². The first kappa shape index (κ1) is 20.4. The number of imidazole rings is 1. The zero-order chi connectivity index (χ0) is 21.3. The summed E-state index contributed by atoms with van der Waals surface area (Å²) >= 11 is 0. The molecular formula is C19H23N5O6. The molecule has 1 aliphatic heterocycles. The molecule has 1 aliphatic rings. The van der Waals surface area contributed by atoms with Gasteiger partial charge in [-0.3, -0.25) is 4.57 Å². The van der Waals surface area contributed by atoms with E-state index in [1.165, 1.54) is 17.2 Å². The van der Waals surface area contributed by atoms with E-state index in [2.05, 4.69) is 20.3 Å². The summed E-state index contributed by atoms with van der Waals surface area (Å²) in [5.74, 6) is 1.20. The molecule has 4 rings (SSSR count). The monoisotopic (exact) mass is 417 g/mol. The number of anilines is 1. The molecule has 160 valence electrons. The molecule has 0 bridgehead atoms. The average molecular weight is 417 g/mol. The summed E-state index contributed by atoms with van der Waals surface area (Å²) in [7, 11) is 1.60. The van der Waals surface area contributed by atoms with Crippen LogP contribution in [0.3, 0.4) is 0 Å². The van der Waals surface area contributed by atoms with Gasteiger partial charge in [-0.25, -0.2) is 15.0 Å². The van der Waals surface area contributed by atoms with Gasteiger partial charge in [-0.15, -0.1) is 0 Å². The minimum Gasteiger partial charge on any atom is -0.496 e. The van der Waals surface area contributed by atoms with Gasteiger partial charge in [-0.2, -0.15) is 0 Å². The number of fused-ring (bicyclic) bond motifs is 1. The van der Waals surface area contributed by atoms with E-state index in [9.17, 15) is 20.4 Å². The number of aromatic nitrogens is 4. The SMILES string of the molecule is COc1ccccc1CNc1ncnc2c1ncn2C1O[C@H](CO)[C@@H](O)[C@H](O)[C@H]1O. The maximum Gasteiger partial charge on any atom is 0.167 e. The Hall–Kier alpha value is -2.83. The van der Waals surface area contributed by atoms with Gasteiger partial charge in [-0.1, -0.05) is 18.2 Å². The van der Waals surface area contributed by atoms with Gasteiger partial charge in [0.2, 0.25) is 0 Å². The highest BCUT2D eigenvalue weighted by molar-refractivity contribution is 5.82. The number of rotatable bonds is 6. The van der Waals surface area contributed by atoms with Crippen molar-refractivity contribution in [1.82, 2.24) is 19.5 Å². The number of benzene rings is 1. The molecular weight excluding hydrogens is 394 g/mol. The fourth-order valence-electron chi connectivity index (χ4n) is 3.51. The van der Waals surface area contributed by atoms with Crippen molar-refractivity contribution in [1.29, 1.82) is 0 Å². The van der Waals surface area contributed by atoms with E-state index in [0.29, 0.717) is 23.5 Å². The lowest BCUT2D eigenvalue weighted by atomic mass is 9.98. The summed E-state index contributed by atoms with van der Waals surface area (Å²) in [5, 5.41) is 43.1. The molecule has 1 aromatic carbocycles. The van der Waals surface area contributed by atoms with E-state index in [4.69, 9.17) is 9.47 Å². The van der Waals surface area contributed by atoms with Crippen LogP contribution < -0.4 is 10.1 Å². The fraction of sp³-hybridized carbons (Fsp3) is 0.421. The number of hydrogen-bond acceptors (Lipinski definition) is 10. The number of ether oxygens (including phenoxy) is 2. The molecule has 1 saturated heterocycles. The highest BCUT2D eigenvalue weighted by Crippen LogP contribution is 2.31. The largest absolute Gasteiger partial charge is 0.496 e. The van der Waals surface area contributed by atoms with Crippen LogP contribution in [0.4, 0.5) is 5.82 Å². The molecule has 0 spiro atoms. The highest BCUT2D eigenvalue weighted by atomic mass is 16.6. The summed E-state index contributed by atoms with van der Waals surface area (Å²) in [6.07, 6.45) is -3.76. The van der Waals surface area contributed by atoms with Gasteiger partial charge in [-0.05, 0) is 6.07 Å². The van der Waals surface area contributed by atoms with Gasteiger partial charge in [0.25, 0.3) is 0 Å². The molecule has 3 aromatic rings. The first-order chi connectivity index (χ1) is 14.5. The Balaban J connectivity index is 1.62. The quantitative estimate of drug-likeness (QED) is 0.352. The molecule has 0 aliphatic carbocycles. The molecule has 2 aromatic heterocycles. The van der Waals surface area contributed by atoms with E-state index in [1.807, 2.05) is 24.3 Å². The molecule has 0 radical (unpaired) electrons. The van der Waals surface area contributed by atoms with Crippen LogP contribution >= 0.6 is 0 Å². The van der Waals surface area contributed by atoms with E-state index in [1.54, 1.807) is 7.11 Å². The summed E-state index contributed by atoms with van der Waals surface area (Å²) in [6, 6.07) is 7.58. The molecule has 5 atom stereocenters. The fourth-order valence-corrected chi connectivity index (χ4v) is 3.51. The van der Waals surface area contributed by atoms with Gasteiger partial charge < -0.3 is 35.2 Å². The van der Waals surface area contributed by atoms with E-state index in [-0.39, 0.29) is 0 Å². The van der Waals surface area contributed by atoms with Crippen LogP contribution in [-0.2, 0) is 11.3 Å². The Morgan fingerprint density at radius 2 is 1.90 bits per heavy atom. The first-order valence-electron chi connectivity index (χ1n) is 9.39. The van der Waals surface area contributed by atoms with E-state index >= 15 is 0 Å². The second-order valence-corrected chi connectivity index (χ2v) is 6.93. The molecule has 30 heavy (non-hydrogen) atoms. The van der Waals surface area contributed by atoms with Crippen LogP contribution in [0.5, 0.6) is 5.75 Å². The second-order valence-electron chi connectivity index (χ2n) is 6.93. The van der Waals surface area contributed by atoms with Gasteiger partial charge in [0.15, 0.2) is 23.2 Å². The second kappa shape index (κ2) is 8.50. The lowest BCUT2D eigenvalue weighted by molar-refractivity contribution is -0.250. The van der Waals surface area contributed by atoms with Crippen molar-refractivity contribution in [2.75, 3.05) is 19.0 Å². The molecule has 5 N–H and O–H groups in total. The van der Waals surface area contributed by atoms with Crippen LogP contribution in [-0.4, -0.2) is 78.1 Å². The Bertz CT molecular complexity index is 1010. The Labute approximate surface area is 171 Å². The molecule has 1 fully saturated rings. The number of aliphatic hydroxyl groups is 4. The summed E-state index contributed by atoms with van der Waals surface area (Å²) in [4.78, 5) is 12.8. The summed E-state index contributed by atoms with van der Waals surface area (Å²) < 4.78 is 12.4. The smallest absolute Gasteiger partial charge is 0.167 e. The third kappa shape index (κ3) is 3.57. The van der Waals surface area contributed by atoms with Crippen LogP contribution in [0.2, 0.25) is 0 Å². The predicted molar refractivity (Wildman–Crippen MR) is 105 cm³/mol. The number of aliphatic hydroxyl groups excluding tert-OH is 4. The molecule has 1 unspecified atom stereocenters. The van der Waals surface area contributed by atoms with Crippen LogP contribution in [0, 0.1) is 0 Å². The van der Waals surface area contributed by atoms with Crippen LogP contribution in [0.1, 0.15) is 11.8 Å². The van der Waals surface area contributed by atoms with Crippen molar-refractivity contribution < 1.29 is 29.9 Å². The van der Waals surface area contributed by atoms with Crippen molar-refractivity contribution in [3.8, 4) is 5.75 Å². The Morgan fingerprint density at radius 1 is 1.10 bits per heavy atom. The number of para-hydroxylation sites is 1. The number of hydrogen-bond donors (Lipinski definition) is 5. The predicted octanol–water partition coefficient (Wildman–Crippen LogP) is -0.581. The standard InChI is InChI=1S/C19H23N5O6/c1-29-11-5-3-2-4-10(11)6-20-17-13-18(22-8-21-17)24(9-23-13)19-16(28)15(27)14(26)12(7-25)30-19/h2-5,8-9,12,14-16,19,25-28H,6-7H2,1H3,(H,20,21,22)/t12-,14-,15+,16-,19?/m1/s1. The van der Waals surface area contributed by atoms with Crippen LogP contribution in [0.15, 0.2) is 36.9 Å². The van der Waals surface area contributed by atoms with Gasteiger partial charge in [0.05, 0.1) is 20.0 Å². The third-order valence-corrected chi connectivity index (χ3v) is 5.14. The maximum atomic E-state index is 10.4. The molecule has 0 amide bonds. The zero-order valence-electron chi connectivity index (χ0n) is 16.2. The van der Waals surface area contributed by atoms with Gasteiger partial charge >= 0.3 is 0 Å². The number of nitrogens with zero attached hydrogens (tertiary/aromatic N) is 4. The minimum atomic E-state index is -1.50. The molecule has 11 heteroatoms. The highest BCUT2D eigenvalue weighted by Gasteiger charge is 2.44. The van der Waals surface area contributed by atoms with Crippen molar-refractivity contribution in [3.63, 3.8) is 0 Å². The number of methoxy groups -OCH3 is 1. The van der Waals surface area contributed by atoms with Crippen LogP contribution in [0.25, 0.3) is 11.2 Å². The lowest BCUT2D eigenvalue weighted by Gasteiger charge is -2.40. The summed E-state index contributed by atoms with van der Waals surface area (Å²) in [6.45, 7) is -0.0855. The number of nitrogens with one attached hydrogen (secondary N) is 1. The first-order valence-corrected chi connectivity index (χ1v) is 9.39. The zero-order valence-corrected chi connectivity index (χ0v) is 16.2. The third-order valence-electron chi connectivity index (χ3n) is 5.14. The van der Waals surface area contributed by atoms with Gasteiger partial charge in [0, 0.05) is 12.1 Å². The average Bonchev–Trinajstić information content (AvgIpc) is 3.21. The molecule has 0 saturated carbocycles. The summed E-state index contributed by atoms with van der Waals surface area (Å²) in [5.41, 5.74) is 1.72. The van der Waals surface area contributed by atoms with Gasteiger partial charge in [0.1, 0.15) is 36.5 Å². The molecule has 3 heterocycles. The Morgan fingerprint density at radius 3 is 2.67 bits per heavy atom. The topological polar surface area (TPSA) is 155 Å². The maximum absolute atomic E-state index is 10.4.